The Hall–Kier alpha value is -3.91. The van der Waals surface area contributed by atoms with Crippen LogP contribution in [0.25, 0.3) is 0 Å². The average molecular weight is 502 g/mol. The molecule has 0 saturated heterocycles. The number of carbonyl (C=O) groups is 2. The van der Waals surface area contributed by atoms with Crippen LogP contribution in [0.15, 0.2) is 90.0 Å². The molecule has 0 spiro atoms. The van der Waals surface area contributed by atoms with E-state index in [1.54, 1.807) is 28.1 Å². The van der Waals surface area contributed by atoms with Crippen molar-refractivity contribution in [1.29, 1.82) is 0 Å². The van der Waals surface area contributed by atoms with Crippen LogP contribution in [0.5, 0.6) is 0 Å². The lowest BCUT2D eigenvalue weighted by atomic mass is 9.93. The number of allylic oxidation sites excluding steroid dienone is 1. The molecule has 1 N–H and O–H groups in total. The van der Waals surface area contributed by atoms with Crippen molar-refractivity contribution in [3.63, 3.8) is 0 Å². The van der Waals surface area contributed by atoms with Gasteiger partial charge in [0.05, 0.1) is 4.90 Å². The van der Waals surface area contributed by atoms with Gasteiger partial charge in [0.2, 0.25) is 0 Å². The van der Waals surface area contributed by atoms with E-state index in [0.717, 1.165) is 23.9 Å². The van der Waals surface area contributed by atoms with Gasteiger partial charge in [0.15, 0.2) is 9.84 Å². The van der Waals surface area contributed by atoms with Crippen LogP contribution >= 0.6 is 0 Å². The molecule has 1 atom stereocenters. The molecule has 5 rings (SSSR count). The molecular formula is C28H27N3O4S. The van der Waals surface area contributed by atoms with Crippen LogP contribution in [0.3, 0.4) is 0 Å². The van der Waals surface area contributed by atoms with Gasteiger partial charge in [-0.1, -0.05) is 48.5 Å². The number of benzene rings is 3. The van der Waals surface area contributed by atoms with Crippen molar-refractivity contribution in [1.82, 2.24) is 9.80 Å². The fraction of sp³-hybridized carbons (Fsp3) is 0.214. The van der Waals surface area contributed by atoms with E-state index in [1.165, 1.54) is 23.3 Å². The largest absolute Gasteiger partial charge is 0.322 e. The molecule has 0 bridgehead atoms. The van der Waals surface area contributed by atoms with Gasteiger partial charge < -0.3 is 15.1 Å². The molecule has 3 aromatic carbocycles. The second kappa shape index (κ2) is 9.62. The highest BCUT2D eigenvalue weighted by Gasteiger charge is 2.24. The first-order valence-corrected chi connectivity index (χ1v) is 13.7. The second-order valence-electron chi connectivity index (χ2n) is 9.21. The van der Waals surface area contributed by atoms with Gasteiger partial charge in [-0.15, -0.1) is 0 Å². The summed E-state index contributed by atoms with van der Waals surface area (Å²) in [5, 5.41) is 2.98. The number of sulfone groups is 1. The van der Waals surface area contributed by atoms with E-state index >= 15 is 0 Å². The minimum Gasteiger partial charge on any atom is -0.316 e. The highest BCUT2D eigenvalue weighted by atomic mass is 32.2. The van der Waals surface area contributed by atoms with Gasteiger partial charge >= 0.3 is 6.03 Å². The Bertz CT molecular complexity index is 1420. The van der Waals surface area contributed by atoms with Crippen LogP contribution in [0.1, 0.15) is 39.4 Å². The summed E-state index contributed by atoms with van der Waals surface area (Å²) in [5.74, 6) is -0.0773. The zero-order valence-electron chi connectivity index (χ0n) is 19.9. The number of fused-ring (bicyclic) bond motifs is 1. The van der Waals surface area contributed by atoms with Crippen LogP contribution < -0.4 is 5.32 Å². The molecule has 2 aliphatic heterocycles. The van der Waals surface area contributed by atoms with Crippen molar-refractivity contribution >= 4 is 27.5 Å². The Morgan fingerprint density at radius 1 is 0.917 bits per heavy atom. The summed E-state index contributed by atoms with van der Waals surface area (Å²) in [6.07, 6.45) is 5.62. The summed E-state index contributed by atoms with van der Waals surface area (Å²) in [5.41, 5.74) is 4.55. The minimum atomic E-state index is -3.38. The van der Waals surface area contributed by atoms with Gasteiger partial charge in [0.25, 0.3) is 5.91 Å². The number of anilines is 1. The maximum absolute atomic E-state index is 12.9. The number of hydrogen-bond donors (Lipinski definition) is 1. The van der Waals surface area contributed by atoms with E-state index in [1.807, 2.05) is 42.5 Å². The van der Waals surface area contributed by atoms with Crippen molar-refractivity contribution in [3.05, 3.63) is 107 Å². The van der Waals surface area contributed by atoms with Crippen molar-refractivity contribution < 1.29 is 18.0 Å². The number of hydrogen-bond acceptors (Lipinski definition) is 4. The Balaban J connectivity index is 1.19. The predicted molar refractivity (Wildman–Crippen MR) is 138 cm³/mol. The quantitative estimate of drug-likeness (QED) is 0.557. The summed E-state index contributed by atoms with van der Waals surface area (Å²) >= 11 is 0. The lowest BCUT2D eigenvalue weighted by molar-refractivity contribution is 0.0812. The lowest BCUT2D eigenvalue weighted by Crippen LogP contribution is -2.30. The molecule has 0 radical (unpaired) electrons. The first-order valence-electron chi connectivity index (χ1n) is 11.8. The number of urea groups is 1. The van der Waals surface area contributed by atoms with Crippen molar-refractivity contribution in [2.75, 3.05) is 18.1 Å². The zero-order valence-corrected chi connectivity index (χ0v) is 20.7. The molecule has 36 heavy (non-hydrogen) atoms. The molecule has 2 aliphatic rings. The smallest absolute Gasteiger partial charge is 0.316 e. The van der Waals surface area contributed by atoms with Crippen LogP contribution in [0, 0.1) is 0 Å². The third kappa shape index (κ3) is 5.04. The number of carbonyl (C=O) groups excluding carboxylic acids is 2. The fourth-order valence-electron chi connectivity index (χ4n) is 4.62. The van der Waals surface area contributed by atoms with E-state index in [4.69, 9.17) is 0 Å². The lowest BCUT2D eigenvalue weighted by Gasteiger charge is -2.27. The van der Waals surface area contributed by atoms with E-state index in [9.17, 15) is 18.0 Å². The van der Waals surface area contributed by atoms with Crippen LogP contribution in [0.2, 0.25) is 0 Å². The standard InChI is InChI=1S/C28H27N3O4S/c1-36(34,35)26-8-4-7-22(17-26)27(32)30-15-13-21(14-16-30)20-9-11-25(12-10-20)29-28(33)31-18-23-5-2-3-6-24(23)19-31/h2-13,15,17,21H,14,16,18-19H2,1H3,(H,29,33). The maximum atomic E-state index is 12.9. The van der Waals surface area contributed by atoms with E-state index < -0.39 is 9.84 Å². The summed E-state index contributed by atoms with van der Waals surface area (Å²) in [7, 11) is -3.38. The molecule has 7 nitrogen and oxygen atoms in total. The highest BCUT2D eigenvalue weighted by Crippen LogP contribution is 2.28. The zero-order chi connectivity index (χ0) is 25.3. The summed E-state index contributed by atoms with van der Waals surface area (Å²) in [6.45, 7) is 1.75. The number of nitrogens with zero attached hydrogens (tertiary/aromatic N) is 2. The van der Waals surface area contributed by atoms with E-state index in [-0.39, 0.29) is 22.8 Å². The van der Waals surface area contributed by atoms with Gasteiger partial charge in [0, 0.05) is 49.3 Å². The molecule has 2 heterocycles. The molecular weight excluding hydrogens is 474 g/mol. The number of amides is 3. The molecule has 1 unspecified atom stereocenters. The number of rotatable bonds is 4. The van der Waals surface area contributed by atoms with Crippen molar-refractivity contribution in [2.24, 2.45) is 0 Å². The maximum Gasteiger partial charge on any atom is 0.322 e. The molecule has 8 heteroatoms. The normalized spacial score (nSPS) is 17.1. The van der Waals surface area contributed by atoms with Crippen LogP contribution in [0.4, 0.5) is 10.5 Å². The Morgan fingerprint density at radius 3 is 2.22 bits per heavy atom. The summed E-state index contributed by atoms with van der Waals surface area (Å²) < 4.78 is 23.6. The summed E-state index contributed by atoms with van der Waals surface area (Å²) in [4.78, 5) is 29.1. The number of nitrogens with one attached hydrogen (secondary N) is 1. The molecule has 3 amide bonds. The minimum absolute atomic E-state index is 0.120. The van der Waals surface area contributed by atoms with Crippen LogP contribution in [-0.2, 0) is 22.9 Å². The highest BCUT2D eigenvalue weighted by molar-refractivity contribution is 7.90. The van der Waals surface area contributed by atoms with E-state index in [2.05, 4.69) is 17.4 Å². The molecule has 0 fully saturated rings. The summed E-state index contributed by atoms with van der Waals surface area (Å²) in [6, 6.07) is 21.9. The Morgan fingerprint density at radius 2 is 1.61 bits per heavy atom. The fourth-order valence-corrected chi connectivity index (χ4v) is 5.29. The first kappa shape index (κ1) is 23.8. The molecule has 0 aromatic heterocycles. The monoisotopic (exact) mass is 501 g/mol. The third-order valence-corrected chi connectivity index (χ3v) is 7.78. The SMILES string of the molecule is CS(=O)(=O)c1cccc(C(=O)N2C=CC(c3ccc(NC(=O)N4Cc5ccccc5C4)cc3)CC2)c1. The van der Waals surface area contributed by atoms with Gasteiger partial charge in [-0.3, -0.25) is 4.79 Å². The van der Waals surface area contributed by atoms with Gasteiger partial charge in [-0.2, -0.15) is 0 Å². The van der Waals surface area contributed by atoms with Crippen molar-refractivity contribution in [2.45, 2.75) is 30.3 Å². The van der Waals surface area contributed by atoms with Crippen molar-refractivity contribution in [3.8, 4) is 0 Å². The van der Waals surface area contributed by atoms with Gasteiger partial charge in [-0.25, -0.2) is 13.2 Å². The third-order valence-electron chi connectivity index (χ3n) is 6.67. The van der Waals surface area contributed by atoms with Gasteiger partial charge in [-0.05, 0) is 53.4 Å². The molecule has 0 saturated carbocycles. The molecule has 3 aromatic rings. The first-order chi connectivity index (χ1) is 17.3. The van der Waals surface area contributed by atoms with E-state index in [0.29, 0.717) is 25.2 Å². The average Bonchev–Trinajstić information content (AvgIpc) is 3.33. The Labute approximate surface area is 211 Å². The Kier molecular flexibility index (Phi) is 6.36. The van der Waals surface area contributed by atoms with Crippen LogP contribution in [-0.4, -0.2) is 43.0 Å². The second-order valence-corrected chi connectivity index (χ2v) is 11.2. The molecule has 184 valence electrons. The van der Waals surface area contributed by atoms with Gasteiger partial charge in [0.1, 0.15) is 0 Å². The molecule has 0 aliphatic carbocycles. The topological polar surface area (TPSA) is 86.8 Å². The predicted octanol–water partition coefficient (Wildman–Crippen LogP) is 4.78.